The van der Waals surface area contributed by atoms with Gasteiger partial charge in [0, 0.05) is 47.8 Å². The van der Waals surface area contributed by atoms with Crippen LogP contribution in [0.5, 0.6) is 0 Å². The van der Waals surface area contributed by atoms with E-state index in [9.17, 15) is 24.3 Å². The van der Waals surface area contributed by atoms with Gasteiger partial charge in [-0.05, 0) is 50.4 Å². The molecule has 1 saturated heterocycles. The minimum Gasteiger partial charge on any atom is -0.352 e. The summed E-state index contributed by atoms with van der Waals surface area (Å²) in [6, 6.07) is 1.34. The molecule has 12 nitrogen and oxygen atoms in total. The first kappa shape index (κ1) is 25.2. The first-order valence-electron chi connectivity index (χ1n) is 11.8. The number of nitro groups is 1. The summed E-state index contributed by atoms with van der Waals surface area (Å²) in [4.78, 5) is 53.7. The van der Waals surface area contributed by atoms with Crippen LogP contribution < -0.4 is 5.32 Å². The average Bonchev–Trinajstić information content (AvgIpc) is 3.29. The normalized spacial score (nSPS) is 21.6. The predicted octanol–water partition coefficient (Wildman–Crippen LogP) is 2.91. The van der Waals surface area contributed by atoms with E-state index >= 15 is 0 Å². The number of carbonyl (C=O) groups is 2. The Morgan fingerprint density at radius 2 is 1.94 bits per heavy atom. The fraction of sp³-hybridized carbons (Fsp3) is 0.591. The number of carbonyl (C=O) groups excluding carboxylic acids is 2. The Bertz CT molecular complexity index is 1110. The molecule has 0 bridgehead atoms. The molecule has 3 heterocycles. The van der Waals surface area contributed by atoms with Crippen LogP contribution in [0, 0.1) is 27.9 Å². The number of fused-ring (bicyclic) bond motifs is 1. The van der Waals surface area contributed by atoms with Crippen molar-refractivity contribution in [2.24, 2.45) is 17.8 Å². The van der Waals surface area contributed by atoms with Crippen LogP contribution >= 0.6 is 8.25 Å². The van der Waals surface area contributed by atoms with Crippen molar-refractivity contribution in [1.82, 2.24) is 20.2 Å². The third kappa shape index (κ3) is 6.19. The van der Waals surface area contributed by atoms with E-state index in [0.29, 0.717) is 36.2 Å². The van der Waals surface area contributed by atoms with Crippen molar-refractivity contribution in [1.29, 1.82) is 0 Å². The maximum Gasteiger partial charge on any atom is 0.694 e. The van der Waals surface area contributed by atoms with E-state index in [2.05, 4.69) is 15.3 Å². The smallest absolute Gasteiger partial charge is 0.352 e. The third-order valence-corrected chi connectivity index (χ3v) is 7.44. The number of piperidine rings is 1. The summed E-state index contributed by atoms with van der Waals surface area (Å²) < 4.78 is 15.5. The Morgan fingerprint density at radius 3 is 2.60 bits per heavy atom. The predicted molar refractivity (Wildman–Crippen MR) is 126 cm³/mol. The number of pyridine rings is 1. The van der Waals surface area contributed by atoms with Crippen molar-refractivity contribution < 1.29 is 28.5 Å². The van der Waals surface area contributed by atoms with E-state index in [-0.39, 0.29) is 41.9 Å². The molecule has 1 unspecified atom stereocenters. The van der Waals surface area contributed by atoms with Gasteiger partial charge in [0.05, 0.1) is 10.5 Å². The van der Waals surface area contributed by atoms with Crippen molar-refractivity contribution in [3.63, 3.8) is 0 Å². The molecule has 2 aromatic heterocycles. The van der Waals surface area contributed by atoms with Crippen LogP contribution in [-0.2, 0) is 13.9 Å². The van der Waals surface area contributed by atoms with Crippen LogP contribution in [-0.4, -0.2) is 62.7 Å². The molecule has 35 heavy (non-hydrogen) atoms. The summed E-state index contributed by atoms with van der Waals surface area (Å²) in [5.74, 6) is 0.316. The molecule has 188 valence electrons. The van der Waals surface area contributed by atoms with Crippen molar-refractivity contribution in [2.75, 3.05) is 26.2 Å². The average molecular weight is 506 g/mol. The molecule has 3 N–H and O–H groups in total. The van der Waals surface area contributed by atoms with Crippen LogP contribution in [0.4, 0.5) is 5.69 Å². The van der Waals surface area contributed by atoms with Crippen molar-refractivity contribution in [3.8, 4) is 0 Å². The summed E-state index contributed by atoms with van der Waals surface area (Å²) in [7, 11) is -2.58. The zero-order valence-electron chi connectivity index (χ0n) is 19.2. The topological polar surface area (TPSA) is 168 Å². The van der Waals surface area contributed by atoms with Gasteiger partial charge in [-0.3, -0.25) is 19.7 Å². The largest absolute Gasteiger partial charge is 0.694 e. The van der Waals surface area contributed by atoms with E-state index in [0.717, 1.165) is 44.7 Å². The van der Waals surface area contributed by atoms with Crippen molar-refractivity contribution >= 4 is 36.8 Å². The molecule has 0 spiro atoms. The fourth-order valence-electron chi connectivity index (χ4n) is 4.97. The van der Waals surface area contributed by atoms with Gasteiger partial charge in [-0.1, -0.05) is 0 Å². The Kier molecular flexibility index (Phi) is 8.04. The number of aromatic nitrogens is 2. The zero-order chi connectivity index (χ0) is 24.9. The molecule has 1 saturated carbocycles. The maximum atomic E-state index is 12.9. The van der Waals surface area contributed by atoms with Gasteiger partial charge in [0.1, 0.15) is 18.5 Å². The molecule has 2 aliphatic rings. The van der Waals surface area contributed by atoms with Gasteiger partial charge in [-0.2, -0.15) is 0 Å². The molecule has 1 aliphatic heterocycles. The van der Waals surface area contributed by atoms with E-state index in [1.54, 1.807) is 0 Å². The standard InChI is InChI=1S/C22H28N5O7P/c28-21(19-12-24-20-18(19)9-17(11-23-20)27(30)31)25-10-14-1-3-16(4-2-14)22(29)26-7-5-15(6-8-26)13-34-35(32)33/h9,11-12,14-16H,1-8,10,13H2,(H2-,23,24,25,28,32,33)/p+1. The lowest BCUT2D eigenvalue weighted by Gasteiger charge is -2.36. The van der Waals surface area contributed by atoms with Gasteiger partial charge in [0.25, 0.3) is 11.6 Å². The van der Waals surface area contributed by atoms with E-state index < -0.39 is 13.2 Å². The first-order valence-corrected chi connectivity index (χ1v) is 12.9. The molecular weight excluding hydrogens is 477 g/mol. The summed E-state index contributed by atoms with van der Waals surface area (Å²) in [5.41, 5.74) is 0.564. The molecule has 0 radical (unpaired) electrons. The number of amides is 2. The number of H-pyrrole nitrogens is 1. The second kappa shape index (κ2) is 11.2. The summed E-state index contributed by atoms with van der Waals surface area (Å²) in [6.45, 7) is 2.01. The number of likely N-dealkylation sites (tertiary alicyclic amines) is 1. The van der Waals surface area contributed by atoms with Gasteiger partial charge in [-0.15, -0.1) is 9.42 Å². The molecular formula is C22H29N5O7P+. The van der Waals surface area contributed by atoms with Crippen LogP contribution in [0.2, 0.25) is 0 Å². The molecule has 2 aromatic rings. The monoisotopic (exact) mass is 506 g/mol. The minimum atomic E-state index is -2.58. The quantitative estimate of drug-likeness (QED) is 0.279. The molecule has 0 aromatic carbocycles. The van der Waals surface area contributed by atoms with Gasteiger partial charge in [0.15, 0.2) is 0 Å². The fourth-order valence-corrected chi connectivity index (χ4v) is 5.31. The number of nitrogens with one attached hydrogen (secondary N) is 2. The van der Waals surface area contributed by atoms with Crippen LogP contribution in [0.3, 0.4) is 0 Å². The Labute approximate surface area is 202 Å². The SMILES string of the molecule is O=C(NCC1CCC(C(=O)N2CCC(CO[P+](=O)O)CC2)CC1)c1c[nH]c2ncc([N+](=O)[O-])cc12. The highest BCUT2D eigenvalue weighted by Gasteiger charge is 2.32. The van der Waals surface area contributed by atoms with E-state index in [1.165, 1.54) is 12.3 Å². The van der Waals surface area contributed by atoms with Crippen LogP contribution in [0.25, 0.3) is 11.0 Å². The van der Waals surface area contributed by atoms with Gasteiger partial charge in [-0.25, -0.2) is 4.98 Å². The van der Waals surface area contributed by atoms with Crippen LogP contribution in [0.15, 0.2) is 18.5 Å². The maximum absolute atomic E-state index is 12.9. The molecule has 1 atom stereocenters. The van der Waals surface area contributed by atoms with Crippen molar-refractivity contribution in [2.45, 2.75) is 38.5 Å². The Hall–Kier alpha value is -2.95. The number of rotatable bonds is 8. The highest BCUT2D eigenvalue weighted by atomic mass is 31.1. The minimum absolute atomic E-state index is 0.0121. The van der Waals surface area contributed by atoms with Crippen LogP contribution in [0.1, 0.15) is 48.9 Å². The molecule has 2 fully saturated rings. The molecule has 1 aliphatic carbocycles. The number of aromatic amines is 1. The summed E-state index contributed by atoms with van der Waals surface area (Å²) in [6.07, 6.45) is 7.42. The third-order valence-electron chi connectivity index (χ3n) is 7.07. The van der Waals surface area contributed by atoms with Gasteiger partial charge in [0.2, 0.25) is 5.91 Å². The molecule has 13 heteroatoms. The Morgan fingerprint density at radius 1 is 1.23 bits per heavy atom. The zero-order valence-corrected chi connectivity index (χ0v) is 20.1. The second-order valence-corrected chi connectivity index (χ2v) is 10.0. The lowest BCUT2D eigenvalue weighted by molar-refractivity contribution is -0.385. The van der Waals surface area contributed by atoms with Crippen molar-refractivity contribution in [3.05, 3.63) is 34.1 Å². The number of hydrogen-bond donors (Lipinski definition) is 3. The van der Waals surface area contributed by atoms with Gasteiger partial charge >= 0.3 is 8.25 Å². The first-order chi connectivity index (χ1) is 16.8. The molecule has 2 amide bonds. The van der Waals surface area contributed by atoms with E-state index in [1.807, 2.05) is 4.90 Å². The Balaban J connectivity index is 1.22. The summed E-state index contributed by atoms with van der Waals surface area (Å²) in [5, 5.41) is 14.4. The molecule has 4 rings (SSSR count). The number of nitrogens with zero attached hydrogens (tertiary/aromatic N) is 3. The lowest BCUT2D eigenvalue weighted by Crippen LogP contribution is -2.43. The summed E-state index contributed by atoms with van der Waals surface area (Å²) >= 11 is 0. The van der Waals surface area contributed by atoms with E-state index in [4.69, 9.17) is 9.42 Å². The highest BCUT2D eigenvalue weighted by molar-refractivity contribution is 7.32. The highest BCUT2D eigenvalue weighted by Crippen LogP contribution is 2.31. The second-order valence-electron chi connectivity index (χ2n) is 9.28. The number of hydrogen-bond acceptors (Lipinski definition) is 7. The lowest BCUT2D eigenvalue weighted by atomic mass is 9.81. The van der Waals surface area contributed by atoms with Gasteiger partial charge < -0.3 is 15.2 Å².